The Bertz CT molecular complexity index is 556. The molecule has 0 saturated heterocycles. The summed E-state index contributed by atoms with van der Waals surface area (Å²) < 4.78 is 2.68. The molecule has 2 heterocycles. The maximum atomic E-state index is 11.2. The number of nitrogens with two attached hydrogens (primary N) is 1. The van der Waals surface area contributed by atoms with Crippen molar-refractivity contribution in [2.24, 2.45) is 12.8 Å². The molecule has 0 fully saturated rings. The van der Waals surface area contributed by atoms with Crippen LogP contribution < -0.4 is 5.73 Å². The Kier molecular flexibility index (Phi) is 2.78. The number of carbonyl (C=O) groups is 1. The van der Waals surface area contributed by atoms with Gasteiger partial charge in [0.2, 0.25) is 0 Å². The molecule has 0 aromatic carbocycles. The Hall–Kier alpha value is -1.26. The molecule has 1 amide bonds. The van der Waals surface area contributed by atoms with Crippen molar-refractivity contribution in [3.8, 4) is 10.6 Å². The fourth-order valence-corrected chi connectivity index (χ4v) is 2.73. The van der Waals surface area contributed by atoms with E-state index in [1.165, 1.54) is 11.3 Å². The van der Waals surface area contributed by atoms with E-state index in [2.05, 4.69) is 0 Å². The van der Waals surface area contributed by atoms with Crippen LogP contribution in [0.25, 0.3) is 10.6 Å². The largest absolute Gasteiger partial charge is 0.366 e. The first-order valence-corrected chi connectivity index (χ1v) is 5.92. The quantitative estimate of drug-likeness (QED) is 0.880. The average Bonchev–Trinajstić information content (AvgIpc) is 2.74. The van der Waals surface area contributed by atoms with Crippen LogP contribution in [0.5, 0.6) is 0 Å². The summed E-state index contributed by atoms with van der Waals surface area (Å²) in [5.74, 6) is -0.401. The van der Waals surface area contributed by atoms with Gasteiger partial charge < -0.3 is 10.3 Å². The summed E-state index contributed by atoms with van der Waals surface area (Å²) in [6.45, 7) is 1.87. The van der Waals surface area contributed by atoms with Gasteiger partial charge in [0.25, 0.3) is 5.91 Å². The molecule has 0 spiro atoms. The van der Waals surface area contributed by atoms with Crippen LogP contribution in [-0.2, 0) is 7.05 Å². The maximum absolute atomic E-state index is 11.2. The third-order valence-electron chi connectivity index (χ3n) is 2.63. The van der Waals surface area contributed by atoms with E-state index in [1.54, 1.807) is 6.07 Å². The molecule has 0 saturated carbocycles. The van der Waals surface area contributed by atoms with Gasteiger partial charge in [-0.1, -0.05) is 11.6 Å². The van der Waals surface area contributed by atoms with Gasteiger partial charge in [0.1, 0.15) is 0 Å². The highest BCUT2D eigenvalue weighted by Gasteiger charge is 2.15. The first-order valence-electron chi connectivity index (χ1n) is 4.72. The second-order valence-corrected chi connectivity index (χ2v) is 5.27. The van der Waals surface area contributed by atoms with Gasteiger partial charge in [-0.3, -0.25) is 4.79 Å². The molecule has 0 aliphatic carbocycles. The normalized spacial score (nSPS) is 10.7. The van der Waals surface area contributed by atoms with Gasteiger partial charge in [0.15, 0.2) is 0 Å². The number of halogens is 1. The van der Waals surface area contributed by atoms with Crippen LogP contribution in [0.4, 0.5) is 0 Å². The zero-order chi connectivity index (χ0) is 11.9. The van der Waals surface area contributed by atoms with Crippen molar-refractivity contribution >= 4 is 28.8 Å². The van der Waals surface area contributed by atoms with Gasteiger partial charge in [-0.25, -0.2) is 0 Å². The van der Waals surface area contributed by atoms with E-state index in [0.29, 0.717) is 5.56 Å². The first-order chi connectivity index (χ1) is 7.50. The highest BCUT2D eigenvalue weighted by molar-refractivity contribution is 7.19. The lowest BCUT2D eigenvalue weighted by Crippen LogP contribution is -2.11. The second-order valence-electron chi connectivity index (χ2n) is 3.56. The Balaban J connectivity index is 2.58. The zero-order valence-electron chi connectivity index (χ0n) is 8.95. The number of thiophene rings is 1. The van der Waals surface area contributed by atoms with Crippen LogP contribution in [0.2, 0.25) is 4.34 Å². The van der Waals surface area contributed by atoms with Crippen molar-refractivity contribution in [2.45, 2.75) is 6.92 Å². The molecule has 3 nitrogen and oxygen atoms in total. The molecule has 84 valence electrons. The van der Waals surface area contributed by atoms with Gasteiger partial charge in [-0.15, -0.1) is 11.3 Å². The molecule has 2 N–H and O–H groups in total. The topological polar surface area (TPSA) is 48.0 Å². The number of primary amides is 1. The molecule has 2 rings (SSSR count). The number of aromatic nitrogens is 1. The van der Waals surface area contributed by atoms with Gasteiger partial charge in [0, 0.05) is 12.7 Å². The highest BCUT2D eigenvalue weighted by Crippen LogP contribution is 2.32. The highest BCUT2D eigenvalue weighted by atomic mass is 35.5. The molecule has 0 radical (unpaired) electrons. The van der Waals surface area contributed by atoms with Crippen LogP contribution in [0.3, 0.4) is 0 Å². The Labute approximate surface area is 102 Å². The molecular weight excluding hydrogens is 244 g/mol. The van der Waals surface area contributed by atoms with Crippen molar-refractivity contribution in [3.63, 3.8) is 0 Å². The van der Waals surface area contributed by atoms with E-state index in [1.807, 2.05) is 30.7 Å². The van der Waals surface area contributed by atoms with Gasteiger partial charge >= 0.3 is 0 Å². The van der Waals surface area contributed by atoms with E-state index in [4.69, 9.17) is 17.3 Å². The van der Waals surface area contributed by atoms with Crippen molar-refractivity contribution < 1.29 is 4.79 Å². The molecular formula is C11H11ClN2OS. The minimum absolute atomic E-state index is 0.401. The van der Waals surface area contributed by atoms with Crippen molar-refractivity contribution in [1.29, 1.82) is 0 Å². The summed E-state index contributed by atoms with van der Waals surface area (Å²) in [5.41, 5.74) is 7.69. The molecule has 2 aromatic heterocycles. The smallest absolute Gasteiger partial charge is 0.250 e. The monoisotopic (exact) mass is 254 g/mol. The van der Waals surface area contributed by atoms with Crippen molar-refractivity contribution in [1.82, 2.24) is 4.57 Å². The lowest BCUT2D eigenvalue weighted by atomic mass is 10.2. The summed E-state index contributed by atoms with van der Waals surface area (Å²) in [5, 5.41) is 0. The Morgan fingerprint density at radius 2 is 2.19 bits per heavy atom. The average molecular weight is 255 g/mol. The Morgan fingerprint density at radius 1 is 1.50 bits per heavy atom. The van der Waals surface area contributed by atoms with Crippen LogP contribution in [-0.4, -0.2) is 10.5 Å². The number of carbonyl (C=O) groups excluding carboxylic acids is 1. The van der Waals surface area contributed by atoms with Crippen LogP contribution in [0.1, 0.15) is 16.1 Å². The molecule has 0 aliphatic heterocycles. The van der Waals surface area contributed by atoms with Crippen LogP contribution in [0, 0.1) is 6.92 Å². The summed E-state index contributed by atoms with van der Waals surface area (Å²) >= 11 is 7.37. The zero-order valence-corrected chi connectivity index (χ0v) is 10.5. The first kappa shape index (κ1) is 11.2. The fourth-order valence-electron chi connectivity index (χ4n) is 1.64. The van der Waals surface area contributed by atoms with Crippen LogP contribution >= 0.6 is 22.9 Å². The van der Waals surface area contributed by atoms with Crippen molar-refractivity contribution in [2.75, 3.05) is 0 Å². The predicted octanol–water partition coefficient (Wildman–Crippen LogP) is 2.81. The van der Waals surface area contributed by atoms with Gasteiger partial charge in [-0.05, 0) is 25.1 Å². The lowest BCUT2D eigenvalue weighted by Gasteiger charge is -2.02. The molecule has 0 aliphatic rings. The predicted molar refractivity (Wildman–Crippen MR) is 67.0 cm³/mol. The van der Waals surface area contributed by atoms with Gasteiger partial charge in [-0.2, -0.15) is 0 Å². The summed E-state index contributed by atoms with van der Waals surface area (Å²) in [7, 11) is 1.91. The van der Waals surface area contributed by atoms with E-state index < -0.39 is 5.91 Å². The van der Waals surface area contributed by atoms with E-state index in [-0.39, 0.29) is 0 Å². The molecule has 5 heteroatoms. The summed E-state index contributed by atoms with van der Waals surface area (Å²) in [6.07, 6.45) is 0. The third kappa shape index (κ3) is 1.74. The fraction of sp³-hybridized carbons (Fsp3) is 0.182. The Morgan fingerprint density at radius 3 is 2.62 bits per heavy atom. The van der Waals surface area contributed by atoms with Crippen LogP contribution in [0.15, 0.2) is 18.2 Å². The van der Waals surface area contributed by atoms with E-state index in [9.17, 15) is 4.79 Å². The molecule has 0 unspecified atom stereocenters. The summed E-state index contributed by atoms with van der Waals surface area (Å²) in [4.78, 5) is 12.2. The minimum atomic E-state index is -0.401. The van der Waals surface area contributed by atoms with Gasteiger partial charge in [0.05, 0.1) is 20.5 Å². The minimum Gasteiger partial charge on any atom is -0.366 e. The number of hydrogen-bond acceptors (Lipinski definition) is 2. The maximum Gasteiger partial charge on any atom is 0.250 e. The molecule has 0 bridgehead atoms. The van der Waals surface area contributed by atoms with E-state index >= 15 is 0 Å². The number of hydrogen-bond donors (Lipinski definition) is 1. The number of rotatable bonds is 2. The molecule has 2 aromatic rings. The number of amides is 1. The number of nitrogens with zero attached hydrogens (tertiary/aromatic N) is 1. The standard InChI is InChI=1S/C11H11ClN2OS/c1-6-7(11(13)15)5-8(14(6)2)9-3-4-10(12)16-9/h3-5H,1-2H3,(H2,13,15). The SMILES string of the molecule is Cc1c(C(N)=O)cc(-c2ccc(Cl)s2)n1C. The second kappa shape index (κ2) is 3.96. The summed E-state index contributed by atoms with van der Waals surface area (Å²) in [6, 6.07) is 5.58. The molecule has 16 heavy (non-hydrogen) atoms. The molecule has 0 atom stereocenters. The third-order valence-corrected chi connectivity index (χ3v) is 3.88. The van der Waals surface area contributed by atoms with E-state index in [0.717, 1.165) is 20.6 Å². The van der Waals surface area contributed by atoms with Crippen molar-refractivity contribution in [3.05, 3.63) is 33.8 Å². The lowest BCUT2D eigenvalue weighted by molar-refractivity contribution is 0.0999.